The van der Waals surface area contributed by atoms with Crippen molar-refractivity contribution in [3.8, 4) is 0 Å². The van der Waals surface area contributed by atoms with E-state index in [1.54, 1.807) is 0 Å². The molecule has 0 heterocycles. The van der Waals surface area contributed by atoms with E-state index in [1.165, 1.54) is 19.3 Å². The minimum Gasteiger partial charge on any atom is -0.441 e. The fourth-order valence-electron chi connectivity index (χ4n) is 4.36. The summed E-state index contributed by atoms with van der Waals surface area (Å²) in [6, 6.07) is 0.0119. The Kier molecular flexibility index (Phi) is 2.83. The third-order valence-corrected chi connectivity index (χ3v) is 4.63. The SMILES string of the molecule is Cl.NC(=O)OC12CC3CC(CC(C3)C1N)C2. The van der Waals surface area contributed by atoms with Crippen molar-refractivity contribution in [2.24, 2.45) is 29.2 Å². The molecule has 4 N–H and O–H groups in total. The fourth-order valence-corrected chi connectivity index (χ4v) is 4.36. The van der Waals surface area contributed by atoms with Gasteiger partial charge in [0.2, 0.25) is 0 Å². The van der Waals surface area contributed by atoms with Crippen molar-refractivity contribution in [3.05, 3.63) is 0 Å². The second kappa shape index (κ2) is 3.77. The van der Waals surface area contributed by atoms with Crippen LogP contribution in [0.25, 0.3) is 0 Å². The number of rotatable bonds is 1. The number of hydrogen-bond acceptors (Lipinski definition) is 3. The maximum absolute atomic E-state index is 11.0. The Bertz CT molecular complexity index is 296. The molecule has 0 saturated heterocycles. The number of carbonyl (C=O) groups is 1. The van der Waals surface area contributed by atoms with Gasteiger partial charge in [0.25, 0.3) is 0 Å². The average molecular weight is 247 g/mol. The van der Waals surface area contributed by atoms with Crippen molar-refractivity contribution in [1.82, 2.24) is 0 Å². The largest absolute Gasteiger partial charge is 0.441 e. The summed E-state index contributed by atoms with van der Waals surface area (Å²) >= 11 is 0. The zero-order chi connectivity index (χ0) is 10.6. The van der Waals surface area contributed by atoms with E-state index in [0.29, 0.717) is 17.8 Å². The number of primary amides is 1. The molecule has 4 fully saturated rings. The molecule has 0 aromatic carbocycles. The number of nitrogens with two attached hydrogens (primary N) is 2. The number of amides is 1. The molecule has 3 atom stereocenters. The Labute approximate surface area is 101 Å². The van der Waals surface area contributed by atoms with Crippen LogP contribution in [-0.4, -0.2) is 17.7 Å². The molecular weight excluding hydrogens is 228 g/mol. The zero-order valence-corrected chi connectivity index (χ0v) is 10.0. The second-order valence-electron chi connectivity index (χ2n) is 5.62. The first-order valence-electron chi connectivity index (χ1n) is 5.83. The number of hydrogen-bond donors (Lipinski definition) is 2. The summed E-state index contributed by atoms with van der Waals surface area (Å²) in [7, 11) is 0. The van der Waals surface area contributed by atoms with Gasteiger partial charge in [-0.05, 0) is 49.9 Å². The standard InChI is InChI=1S/C11H18N2O2.ClH/c12-9-8-2-6-1-7(3-8)5-11(9,4-6)15-10(13)14;/h6-9H,1-5,12H2,(H2,13,14);1H. The maximum Gasteiger partial charge on any atom is 0.405 e. The fraction of sp³-hybridized carbons (Fsp3) is 0.909. The lowest BCUT2D eigenvalue weighted by atomic mass is 9.52. The van der Waals surface area contributed by atoms with E-state index in [0.717, 1.165) is 12.8 Å². The molecule has 0 radical (unpaired) electrons. The van der Waals surface area contributed by atoms with Crippen LogP contribution in [0.2, 0.25) is 0 Å². The van der Waals surface area contributed by atoms with Crippen molar-refractivity contribution in [3.63, 3.8) is 0 Å². The van der Waals surface area contributed by atoms with Gasteiger partial charge >= 0.3 is 6.09 Å². The molecule has 5 heteroatoms. The summed E-state index contributed by atoms with van der Waals surface area (Å²) < 4.78 is 5.38. The van der Waals surface area contributed by atoms with Gasteiger partial charge < -0.3 is 16.2 Å². The molecular formula is C11H19ClN2O2. The summed E-state index contributed by atoms with van der Waals surface area (Å²) in [5.74, 6) is 1.97. The van der Waals surface area contributed by atoms with Crippen molar-refractivity contribution in [1.29, 1.82) is 0 Å². The molecule has 0 aromatic rings. The molecule has 16 heavy (non-hydrogen) atoms. The van der Waals surface area contributed by atoms with Crippen LogP contribution in [0, 0.1) is 17.8 Å². The highest BCUT2D eigenvalue weighted by Crippen LogP contribution is 2.56. The van der Waals surface area contributed by atoms with Gasteiger partial charge in [0.15, 0.2) is 0 Å². The molecule has 4 saturated carbocycles. The van der Waals surface area contributed by atoms with Crippen LogP contribution in [0.5, 0.6) is 0 Å². The topological polar surface area (TPSA) is 78.3 Å². The van der Waals surface area contributed by atoms with Gasteiger partial charge in [0, 0.05) is 6.04 Å². The molecule has 1 amide bonds. The first-order valence-corrected chi connectivity index (χ1v) is 5.83. The highest BCUT2D eigenvalue weighted by atomic mass is 35.5. The van der Waals surface area contributed by atoms with E-state index >= 15 is 0 Å². The average Bonchev–Trinajstić information content (AvgIpc) is 2.11. The highest BCUT2D eigenvalue weighted by Gasteiger charge is 2.58. The summed E-state index contributed by atoms with van der Waals surface area (Å²) in [6.07, 6.45) is 4.96. The first-order chi connectivity index (χ1) is 7.09. The van der Waals surface area contributed by atoms with Crippen LogP contribution in [0.4, 0.5) is 4.79 Å². The van der Waals surface area contributed by atoms with Gasteiger partial charge in [0.05, 0.1) is 0 Å². The molecule has 0 spiro atoms. The van der Waals surface area contributed by atoms with Gasteiger partial charge in [-0.3, -0.25) is 0 Å². The Morgan fingerprint density at radius 2 is 1.75 bits per heavy atom. The lowest BCUT2D eigenvalue weighted by Crippen LogP contribution is -2.65. The summed E-state index contributed by atoms with van der Waals surface area (Å²) in [5.41, 5.74) is 11.0. The van der Waals surface area contributed by atoms with Gasteiger partial charge in [-0.25, -0.2) is 4.79 Å². The van der Waals surface area contributed by atoms with Gasteiger partial charge in [-0.1, -0.05) is 0 Å². The van der Waals surface area contributed by atoms with E-state index in [1.807, 2.05) is 0 Å². The molecule has 92 valence electrons. The van der Waals surface area contributed by atoms with Crippen molar-refractivity contribution in [2.45, 2.75) is 43.7 Å². The smallest absolute Gasteiger partial charge is 0.405 e. The minimum absolute atomic E-state index is 0. The van der Waals surface area contributed by atoms with Crippen LogP contribution in [0.1, 0.15) is 32.1 Å². The number of halogens is 1. The molecule has 4 nitrogen and oxygen atoms in total. The molecule has 4 rings (SSSR count). The van der Waals surface area contributed by atoms with E-state index in [2.05, 4.69) is 0 Å². The summed E-state index contributed by atoms with van der Waals surface area (Å²) in [4.78, 5) is 11.0. The van der Waals surface area contributed by atoms with Gasteiger partial charge in [0.1, 0.15) is 5.60 Å². The quantitative estimate of drug-likeness (QED) is 0.734. The Morgan fingerprint density at radius 1 is 1.19 bits per heavy atom. The van der Waals surface area contributed by atoms with Gasteiger partial charge in [-0.15, -0.1) is 12.4 Å². The third-order valence-electron chi connectivity index (χ3n) is 4.63. The predicted octanol–water partition coefficient (Wildman–Crippen LogP) is 1.41. The van der Waals surface area contributed by atoms with Crippen LogP contribution in [-0.2, 0) is 4.74 Å². The Balaban J connectivity index is 0.000000963. The molecule has 3 unspecified atom stereocenters. The zero-order valence-electron chi connectivity index (χ0n) is 9.22. The first kappa shape index (κ1) is 12.0. The Hall–Kier alpha value is -0.480. The highest BCUT2D eigenvalue weighted by molar-refractivity contribution is 5.85. The van der Waals surface area contributed by atoms with E-state index in [4.69, 9.17) is 16.2 Å². The summed E-state index contributed by atoms with van der Waals surface area (Å²) in [5, 5.41) is 0. The molecule has 4 bridgehead atoms. The van der Waals surface area contributed by atoms with Crippen LogP contribution < -0.4 is 11.5 Å². The monoisotopic (exact) mass is 246 g/mol. The second-order valence-corrected chi connectivity index (χ2v) is 5.62. The predicted molar refractivity (Wildman–Crippen MR) is 62.2 cm³/mol. The Morgan fingerprint density at radius 3 is 2.25 bits per heavy atom. The third kappa shape index (κ3) is 1.59. The molecule has 0 aliphatic heterocycles. The number of carbonyl (C=O) groups excluding carboxylic acids is 1. The van der Waals surface area contributed by atoms with Crippen molar-refractivity contribution < 1.29 is 9.53 Å². The lowest BCUT2D eigenvalue weighted by Gasteiger charge is -2.58. The normalized spacial score (nSPS) is 48.6. The van der Waals surface area contributed by atoms with Gasteiger partial charge in [-0.2, -0.15) is 0 Å². The maximum atomic E-state index is 11.0. The van der Waals surface area contributed by atoms with Crippen LogP contribution in [0.3, 0.4) is 0 Å². The van der Waals surface area contributed by atoms with Crippen molar-refractivity contribution >= 4 is 18.5 Å². The van der Waals surface area contributed by atoms with E-state index in [-0.39, 0.29) is 18.4 Å². The molecule has 0 aromatic heterocycles. The minimum atomic E-state index is -0.660. The summed E-state index contributed by atoms with van der Waals surface area (Å²) in [6.45, 7) is 0. The lowest BCUT2D eigenvalue weighted by molar-refractivity contribution is -0.140. The van der Waals surface area contributed by atoms with Crippen LogP contribution >= 0.6 is 12.4 Å². The molecule has 4 aliphatic carbocycles. The van der Waals surface area contributed by atoms with E-state index in [9.17, 15) is 4.79 Å². The van der Waals surface area contributed by atoms with Crippen LogP contribution in [0.15, 0.2) is 0 Å². The van der Waals surface area contributed by atoms with E-state index < -0.39 is 11.7 Å². The number of ether oxygens (including phenoxy) is 1. The molecule has 4 aliphatic rings. The van der Waals surface area contributed by atoms with Crippen molar-refractivity contribution in [2.75, 3.05) is 0 Å².